The maximum atomic E-state index is 5.37. The maximum Gasteiger partial charge on any atom is 1.00 e. The van der Waals surface area contributed by atoms with Crippen LogP contribution in [0, 0.1) is 6.92 Å². The smallest absolute Gasteiger partial charge is 0.494 e. The van der Waals surface area contributed by atoms with Gasteiger partial charge in [-0.2, -0.15) is 6.42 Å². The van der Waals surface area contributed by atoms with E-state index in [-0.39, 0.29) is 18.9 Å². The summed E-state index contributed by atoms with van der Waals surface area (Å²) >= 11 is 0. The van der Waals surface area contributed by atoms with Gasteiger partial charge >= 0.3 is 18.9 Å². The van der Waals surface area contributed by atoms with Gasteiger partial charge in [-0.15, -0.1) is 0 Å². The van der Waals surface area contributed by atoms with Crippen LogP contribution in [-0.2, 0) is 11.3 Å². The normalized spacial score (nSPS) is 9.47. The van der Waals surface area contributed by atoms with Gasteiger partial charge in [0.25, 0.3) is 0 Å². The monoisotopic (exact) mass is 200 g/mol. The fraction of sp³-hybridized carbons (Fsp3) is 0.417. The largest absolute Gasteiger partial charge is 1.00 e. The molecule has 0 bridgehead atoms. The van der Waals surface area contributed by atoms with E-state index in [1.54, 1.807) is 0 Å². The van der Waals surface area contributed by atoms with Gasteiger partial charge in [-0.05, 0) is 24.6 Å². The van der Waals surface area contributed by atoms with Crippen LogP contribution in [0.5, 0.6) is 5.75 Å². The minimum atomic E-state index is 0. The summed E-state index contributed by atoms with van der Waals surface area (Å²) in [4.78, 5) is 0. The second-order valence-corrected chi connectivity index (χ2v) is 2.98. The first-order chi connectivity index (χ1) is 6.86. The van der Waals surface area contributed by atoms with E-state index in [1.807, 2.05) is 31.2 Å². The summed E-state index contributed by atoms with van der Waals surface area (Å²) in [5.41, 5.74) is 1.17. The zero-order chi connectivity index (χ0) is 10.2. The van der Waals surface area contributed by atoms with E-state index >= 15 is 0 Å². The minimum Gasteiger partial charge on any atom is -0.494 e. The third-order valence-electron chi connectivity index (χ3n) is 1.79. The molecule has 78 valence electrons. The summed E-state index contributed by atoms with van der Waals surface area (Å²) in [6.07, 6.45) is 0.816. The van der Waals surface area contributed by atoms with Crippen LogP contribution in [0.1, 0.15) is 18.9 Å². The molecule has 2 nitrogen and oxygen atoms in total. The van der Waals surface area contributed by atoms with E-state index in [0.29, 0.717) is 19.8 Å². The third kappa shape index (κ3) is 5.89. The number of hydrogen-bond donors (Lipinski definition) is 0. The number of benzene rings is 1. The van der Waals surface area contributed by atoms with Gasteiger partial charge in [-0.1, -0.05) is 12.1 Å². The molecule has 0 unspecified atom stereocenters. The van der Waals surface area contributed by atoms with E-state index in [4.69, 9.17) is 9.47 Å². The second-order valence-electron chi connectivity index (χ2n) is 2.98. The Morgan fingerprint density at radius 3 is 2.40 bits per heavy atom. The van der Waals surface area contributed by atoms with Crippen LogP contribution in [0.25, 0.3) is 0 Å². The minimum absolute atomic E-state index is 0. The van der Waals surface area contributed by atoms with E-state index in [1.165, 1.54) is 5.56 Å². The Bertz CT molecular complexity index is 246. The van der Waals surface area contributed by atoms with Crippen molar-refractivity contribution >= 4 is 0 Å². The molecule has 0 saturated carbocycles. The van der Waals surface area contributed by atoms with Crippen molar-refractivity contribution in [3.63, 3.8) is 0 Å². The van der Waals surface area contributed by atoms with Gasteiger partial charge in [0, 0.05) is 6.61 Å². The van der Waals surface area contributed by atoms with E-state index < -0.39 is 0 Å². The number of ether oxygens (including phenoxy) is 2. The summed E-state index contributed by atoms with van der Waals surface area (Å²) in [7, 11) is 0. The van der Waals surface area contributed by atoms with Crippen molar-refractivity contribution in [2.45, 2.75) is 20.0 Å². The molecule has 0 aliphatic carbocycles. The molecule has 3 heteroatoms. The Morgan fingerprint density at radius 2 is 1.87 bits per heavy atom. The molecule has 0 fully saturated rings. The Labute approximate surface area is 104 Å². The van der Waals surface area contributed by atoms with Crippen LogP contribution >= 0.6 is 0 Å². The van der Waals surface area contributed by atoms with Crippen molar-refractivity contribution < 1.29 is 28.3 Å². The molecule has 0 aliphatic heterocycles. The predicted molar refractivity (Wildman–Crippen MR) is 57.2 cm³/mol. The zero-order valence-corrected chi connectivity index (χ0v) is 9.66. The molecule has 0 spiro atoms. The van der Waals surface area contributed by atoms with Gasteiger partial charge in [0.1, 0.15) is 5.75 Å². The molecule has 0 N–H and O–H groups in total. The van der Waals surface area contributed by atoms with E-state index in [9.17, 15) is 0 Å². The molecule has 0 aromatic heterocycles. The molecular weight excluding hydrogens is 183 g/mol. The first kappa shape index (κ1) is 14.6. The van der Waals surface area contributed by atoms with Crippen molar-refractivity contribution in [3.8, 4) is 5.75 Å². The van der Waals surface area contributed by atoms with Crippen LogP contribution in [0.4, 0.5) is 0 Å². The number of rotatable bonds is 6. The molecular formula is C12H17LiO2. The fourth-order valence-corrected chi connectivity index (χ4v) is 1.14. The van der Waals surface area contributed by atoms with Gasteiger partial charge in [-0.25, -0.2) is 0 Å². The van der Waals surface area contributed by atoms with Gasteiger partial charge in [-0.3, -0.25) is 0 Å². The van der Waals surface area contributed by atoms with Crippen molar-refractivity contribution in [3.05, 3.63) is 36.8 Å². The first-order valence-corrected chi connectivity index (χ1v) is 4.95. The predicted octanol–water partition coefficient (Wildman–Crippen LogP) is -0.170. The SMILES string of the molecule is [CH2-]CCOCc1ccc(OCC)cc1.[Li+]. The summed E-state index contributed by atoms with van der Waals surface area (Å²) in [5, 5.41) is 0. The van der Waals surface area contributed by atoms with Crippen molar-refractivity contribution in [1.82, 2.24) is 0 Å². The van der Waals surface area contributed by atoms with Crippen molar-refractivity contribution in [2.75, 3.05) is 13.2 Å². The summed E-state index contributed by atoms with van der Waals surface area (Å²) < 4.78 is 10.7. The zero-order valence-electron chi connectivity index (χ0n) is 9.66. The van der Waals surface area contributed by atoms with Crippen LogP contribution in [0.3, 0.4) is 0 Å². The molecule has 0 radical (unpaired) electrons. The molecule has 0 atom stereocenters. The van der Waals surface area contributed by atoms with Crippen LogP contribution in [0.15, 0.2) is 24.3 Å². The second kappa shape index (κ2) is 8.85. The van der Waals surface area contributed by atoms with Gasteiger partial charge in [0.2, 0.25) is 0 Å². The Morgan fingerprint density at radius 1 is 1.20 bits per heavy atom. The first-order valence-electron chi connectivity index (χ1n) is 4.95. The van der Waals surface area contributed by atoms with Gasteiger partial charge in [0.15, 0.2) is 0 Å². The van der Waals surface area contributed by atoms with Crippen LogP contribution in [-0.4, -0.2) is 13.2 Å². The van der Waals surface area contributed by atoms with Crippen LogP contribution in [0.2, 0.25) is 0 Å². The Hall–Kier alpha value is -0.423. The molecule has 1 aromatic carbocycles. The van der Waals surface area contributed by atoms with Gasteiger partial charge in [0.05, 0.1) is 13.2 Å². The number of hydrogen-bond acceptors (Lipinski definition) is 2. The summed E-state index contributed by atoms with van der Waals surface area (Å²) in [6.45, 7) is 7.76. The molecule has 0 saturated heterocycles. The molecule has 0 heterocycles. The summed E-state index contributed by atoms with van der Waals surface area (Å²) in [5.74, 6) is 0.911. The van der Waals surface area contributed by atoms with E-state index in [2.05, 4.69) is 6.92 Å². The molecule has 0 amide bonds. The van der Waals surface area contributed by atoms with Gasteiger partial charge < -0.3 is 16.4 Å². The molecule has 15 heavy (non-hydrogen) atoms. The summed E-state index contributed by atoms with van der Waals surface area (Å²) in [6, 6.07) is 7.97. The Kier molecular flexibility index (Phi) is 8.60. The van der Waals surface area contributed by atoms with Crippen molar-refractivity contribution in [2.24, 2.45) is 0 Å². The molecule has 1 rings (SSSR count). The average Bonchev–Trinajstić information content (AvgIpc) is 2.21. The quantitative estimate of drug-likeness (QED) is 0.360. The average molecular weight is 200 g/mol. The Balaban J connectivity index is 0.00000196. The van der Waals surface area contributed by atoms with E-state index in [0.717, 1.165) is 12.2 Å². The fourth-order valence-electron chi connectivity index (χ4n) is 1.14. The molecule has 1 aromatic rings. The van der Waals surface area contributed by atoms with Crippen LogP contribution < -0.4 is 23.6 Å². The standard InChI is InChI=1S/C12H17O2.Li/c1-3-9-13-10-11-5-7-12(8-6-11)14-4-2;/h5-8H,1,3-4,9-10H2,2H3;/q-1;+1. The third-order valence-corrected chi connectivity index (χ3v) is 1.79. The van der Waals surface area contributed by atoms with Crippen molar-refractivity contribution in [1.29, 1.82) is 0 Å². The topological polar surface area (TPSA) is 18.5 Å². The maximum absolute atomic E-state index is 5.37. The molecule has 0 aliphatic rings.